The van der Waals surface area contributed by atoms with Gasteiger partial charge in [0.25, 0.3) is 5.91 Å². The summed E-state index contributed by atoms with van der Waals surface area (Å²) in [5.74, 6) is 0.569. The number of aryl methyl sites for hydroxylation is 2. The minimum Gasteiger partial charge on any atom is -0.335 e. The van der Waals surface area contributed by atoms with Crippen LogP contribution in [0.2, 0.25) is 0 Å². The van der Waals surface area contributed by atoms with Gasteiger partial charge < -0.3 is 10.6 Å². The van der Waals surface area contributed by atoms with E-state index < -0.39 is 0 Å². The number of hydrogen-bond acceptors (Lipinski definition) is 4. The zero-order valence-corrected chi connectivity index (χ0v) is 11.4. The molecule has 1 aliphatic rings. The molecule has 1 aliphatic heterocycles. The third-order valence-corrected chi connectivity index (χ3v) is 4.41. The van der Waals surface area contributed by atoms with Crippen LogP contribution in [0.4, 0.5) is 0 Å². The topological polar surface area (TPSA) is 59.2 Å². The summed E-state index contributed by atoms with van der Waals surface area (Å²) < 4.78 is 0. The molecule has 0 aliphatic carbocycles. The van der Waals surface area contributed by atoms with Crippen molar-refractivity contribution in [3.63, 3.8) is 0 Å². The first-order valence-electron chi connectivity index (χ1n) is 5.98. The van der Waals surface area contributed by atoms with Crippen molar-refractivity contribution in [1.29, 1.82) is 0 Å². The number of carbonyl (C=O) groups is 1. The van der Waals surface area contributed by atoms with E-state index in [2.05, 4.69) is 11.9 Å². The molecule has 0 radical (unpaired) electrons. The van der Waals surface area contributed by atoms with Crippen LogP contribution in [0.5, 0.6) is 0 Å². The molecule has 94 valence electrons. The molecule has 2 N–H and O–H groups in total. The van der Waals surface area contributed by atoms with E-state index in [1.54, 1.807) is 0 Å². The van der Waals surface area contributed by atoms with Crippen LogP contribution in [0.1, 0.15) is 33.7 Å². The second-order valence-electron chi connectivity index (χ2n) is 4.79. The van der Waals surface area contributed by atoms with Gasteiger partial charge in [-0.2, -0.15) is 0 Å². The summed E-state index contributed by atoms with van der Waals surface area (Å²) in [5, 5.41) is 0.952. The first-order valence-corrected chi connectivity index (χ1v) is 6.79. The highest BCUT2D eigenvalue weighted by atomic mass is 32.1. The highest BCUT2D eigenvalue weighted by Crippen LogP contribution is 2.27. The van der Waals surface area contributed by atoms with Gasteiger partial charge in [-0.25, -0.2) is 4.98 Å². The molecule has 2 heterocycles. The Balaban J connectivity index is 2.18. The summed E-state index contributed by atoms with van der Waals surface area (Å²) in [6, 6.07) is 0.290. The second-order valence-corrected chi connectivity index (χ2v) is 5.99. The number of carbonyl (C=O) groups excluding carboxylic acids is 1. The van der Waals surface area contributed by atoms with Crippen LogP contribution in [0.3, 0.4) is 0 Å². The maximum absolute atomic E-state index is 12.4. The van der Waals surface area contributed by atoms with Crippen molar-refractivity contribution >= 4 is 17.2 Å². The van der Waals surface area contributed by atoms with Crippen LogP contribution in [0.25, 0.3) is 0 Å². The van der Waals surface area contributed by atoms with E-state index in [1.165, 1.54) is 11.3 Å². The molecular formula is C12H19N3OS. The third-order valence-electron chi connectivity index (χ3n) is 3.35. The summed E-state index contributed by atoms with van der Waals surface area (Å²) in [5.41, 5.74) is 6.53. The number of amides is 1. The van der Waals surface area contributed by atoms with Crippen molar-refractivity contribution in [1.82, 2.24) is 9.88 Å². The van der Waals surface area contributed by atoms with Crippen LogP contribution in [-0.2, 0) is 0 Å². The maximum atomic E-state index is 12.4. The second kappa shape index (κ2) is 4.74. The molecule has 4 nitrogen and oxygen atoms in total. The fourth-order valence-electron chi connectivity index (χ4n) is 2.46. The van der Waals surface area contributed by atoms with E-state index in [0.29, 0.717) is 12.5 Å². The minimum absolute atomic E-state index is 0.122. The van der Waals surface area contributed by atoms with Gasteiger partial charge in [0, 0.05) is 12.6 Å². The normalized spacial score (nSPS) is 24.4. The number of hydrogen-bond donors (Lipinski definition) is 1. The molecule has 2 rings (SSSR count). The van der Waals surface area contributed by atoms with Crippen molar-refractivity contribution in [3.8, 4) is 0 Å². The Hall–Kier alpha value is -0.940. The first-order chi connectivity index (χ1) is 8.02. The Kier molecular flexibility index (Phi) is 3.49. The fraction of sp³-hybridized carbons (Fsp3) is 0.667. The number of nitrogens with zero attached hydrogens (tertiary/aromatic N) is 2. The van der Waals surface area contributed by atoms with E-state index in [-0.39, 0.29) is 11.9 Å². The van der Waals surface area contributed by atoms with Gasteiger partial charge in [-0.1, -0.05) is 0 Å². The van der Waals surface area contributed by atoms with Crippen molar-refractivity contribution in [2.45, 2.75) is 33.2 Å². The summed E-state index contributed by atoms with van der Waals surface area (Å²) >= 11 is 1.49. The summed E-state index contributed by atoms with van der Waals surface area (Å²) in [7, 11) is 0. The molecule has 5 heteroatoms. The van der Waals surface area contributed by atoms with Gasteiger partial charge in [0.15, 0.2) is 0 Å². The maximum Gasteiger partial charge on any atom is 0.266 e. The third kappa shape index (κ3) is 2.35. The molecule has 2 unspecified atom stereocenters. The zero-order valence-electron chi connectivity index (χ0n) is 10.6. The van der Waals surface area contributed by atoms with Gasteiger partial charge in [-0.15, -0.1) is 11.3 Å². The van der Waals surface area contributed by atoms with Crippen LogP contribution >= 0.6 is 11.3 Å². The molecule has 1 aromatic rings. The predicted octanol–water partition coefficient (Wildman–Crippen LogP) is 1.57. The SMILES string of the molecule is Cc1nc(C)c(C(=O)N2CC(CN)CC2C)s1. The Morgan fingerprint density at radius 1 is 1.59 bits per heavy atom. The van der Waals surface area contributed by atoms with Crippen LogP contribution in [0.15, 0.2) is 0 Å². The van der Waals surface area contributed by atoms with E-state index in [4.69, 9.17) is 5.73 Å². The standard InChI is InChI=1S/C12H19N3OS/c1-7-4-10(5-13)6-15(7)12(16)11-8(2)14-9(3)17-11/h7,10H,4-6,13H2,1-3H3. The van der Waals surface area contributed by atoms with Gasteiger partial charge in [-0.05, 0) is 39.7 Å². The quantitative estimate of drug-likeness (QED) is 0.870. The van der Waals surface area contributed by atoms with Gasteiger partial charge in [0.05, 0.1) is 10.7 Å². The Labute approximate surface area is 106 Å². The lowest BCUT2D eigenvalue weighted by molar-refractivity contribution is 0.0747. The van der Waals surface area contributed by atoms with Gasteiger partial charge in [-0.3, -0.25) is 4.79 Å². The lowest BCUT2D eigenvalue weighted by Gasteiger charge is -2.20. The van der Waals surface area contributed by atoms with Gasteiger partial charge >= 0.3 is 0 Å². The largest absolute Gasteiger partial charge is 0.335 e. The van der Waals surface area contributed by atoms with E-state index in [9.17, 15) is 4.79 Å². The van der Waals surface area contributed by atoms with Crippen LogP contribution < -0.4 is 5.73 Å². The minimum atomic E-state index is 0.122. The average molecular weight is 253 g/mol. The van der Waals surface area contributed by atoms with E-state index in [0.717, 1.165) is 28.5 Å². The first kappa shape index (κ1) is 12.5. The van der Waals surface area contributed by atoms with Crippen LogP contribution in [-0.4, -0.2) is 34.9 Å². The summed E-state index contributed by atoms with van der Waals surface area (Å²) in [4.78, 5) is 19.4. The molecular weight excluding hydrogens is 234 g/mol. The number of nitrogens with two attached hydrogens (primary N) is 1. The highest BCUT2D eigenvalue weighted by molar-refractivity contribution is 7.13. The molecule has 2 atom stereocenters. The number of rotatable bonds is 2. The number of likely N-dealkylation sites (tertiary alicyclic amines) is 1. The number of thiazole rings is 1. The highest BCUT2D eigenvalue weighted by Gasteiger charge is 2.33. The predicted molar refractivity (Wildman–Crippen MR) is 69.2 cm³/mol. The zero-order chi connectivity index (χ0) is 12.6. The Morgan fingerprint density at radius 3 is 2.76 bits per heavy atom. The van der Waals surface area contributed by atoms with Crippen molar-refractivity contribution in [2.75, 3.05) is 13.1 Å². The molecule has 0 saturated carbocycles. The number of aromatic nitrogens is 1. The molecule has 17 heavy (non-hydrogen) atoms. The van der Waals surface area contributed by atoms with Crippen LogP contribution in [0, 0.1) is 19.8 Å². The smallest absolute Gasteiger partial charge is 0.266 e. The Morgan fingerprint density at radius 2 is 2.29 bits per heavy atom. The molecule has 1 amide bonds. The molecule has 1 aromatic heterocycles. The molecule has 0 aromatic carbocycles. The van der Waals surface area contributed by atoms with Gasteiger partial charge in [0.1, 0.15) is 4.88 Å². The molecule has 1 fully saturated rings. The van der Waals surface area contributed by atoms with E-state index in [1.807, 2.05) is 18.7 Å². The average Bonchev–Trinajstić information content (AvgIpc) is 2.81. The fourth-order valence-corrected chi connectivity index (χ4v) is 3.33. The lowest BCUT2D eigenvalue weighted by atomic mass is 10.1. The van der Waals surface area contributed by atoms with Crippen molar-refractivity contribution in [3.05, 3.63) is 15.6 Å². The summed E-state index contributed by atoms with van der Waals surface area (Å²) in [6.07, 6.45) is 1.01. The van der Waals surface area contributed by atoms with Gasteiger partial charge in [0.2, 0.25) is 0 Å². The summed E-state index contributed by atoms with van der Waals surface area (Å²) in [6.45, 7) is 7.38. The Bertz CT molecular complexity index is 429. The molecule has 0 bridgehead atoms. The van der Waals surface area contributed by atoms with E-state index >= 15 is 0 Å². The van der Waals surface area contributed by atoms with Crippen molar-refractivity contribution < 1.29 is 4.79 Å². The monoisotopic (exact) mass is 253 g/mol. The molecule has 0 spiro atoms. The lowest BCUT2D eigenvalue weighted by Crippen LogP contribution is -2.34. The molecule has 1 saturated heterocycles. The van der Waals surface area contributed by atoms with Crippen molar-refractivity contribution in [2.24, 2.45) is 11.7 Å².